The molecule has 1 unspecified atom stereocenters. The van der Waals surface area contributed by atoms with Crippen LogP contribution < -0.4 is 0 Å². The minimum absolute atomic E-state index is 0.183. The van der Waals surface area contributed by atoms with Crippen LogP contribution in [0.4, 0.5) is 0 Å². The van der Waals surface area contributed by atoms with Crippen molar-refractivity contribution in [2.45, 2.75) is 39.2 Å². The summed E-state index contributed by atoms with van der Waals surface area (Å²) in [6, 6.07) is 5.90. The van der Waals surface area contributed by atoms with E-state index < -0.39 is 5.60 Å². The molecule has 0 radical (unpaired) electrons. The molecule has 0 heterocycles. The van der Waals surface area contributed by atoms with Crippen LogP contribution in [0.1, 0.15) is 39.2 Å². The zero-order valence-electron chi connectivity index (χ0n) is 10.4. The van der Waals surface area contributed by atoms with Gasteiger partial charge in [-0.2, -0.15) is 0 Å². The van der Waals surface area contributed by atoms with Crippen molar-refractivity contribution in [3.8, 4) is 0 Å². The highest BCUT2D eigenvalue weighted by Gasteiger charge is 2.24. The first-order valence-corrected chi connectivity index (χ1v) is 7.25. The number of benzene rings is 1. The van der Waals surface area contributed by atoms with Crippen LogP contribution in [0.3, 0.4) is 0 Å². The lowest BCUT2D eigenvalue weighted by Gasteiger charge is -2.22. The summed E-state index contributed by atoms with van der Waals surface area (Å²) in [5, 5.41) is 0. The van der Waals surface area contributed by atoms with E-state index in [1.165, 1.54) is 0 Å². The van der Waals surface area contributed by atoms with Crippen molar-refractivity contribution in [1.82, 2.24) is 0 Å². The molecule has 0 spiro atoms. The largest absolute Gasteiger partial charge is 0.460 e. The first kappa shape index (κ1) is 15.0. The fourth-order valence-electron chi connectivity index (χ4n) is 1.37. The average molecular weight is 411 g/mol. The lowest BCUT2D eigenvalue weighted by molar-refractivity contribution is -0.156. The van der Waals surface area contributed by atoms with Crippen molar-refractivity contribution < 1.29 is 9.53 Å². The van der Waals surface area contributed by atoms with Gasteiger partial charge in [0.1, 0.15) is 5.60 Å². The summed E-state index contributed by atoms with van der Waals surface area (Å²) in [5.74, 6) is -0.424. The van der Waals surface area contributed by atoms with Crippen LogP contribution in [-0.4, -0.2) is 11.6 Å². The van der Waals surface area contributed by atoms with Gasteiger partial charge in [0.05, 0.1) is 5.92 Å². The maximum Gasteiger partial charge on any atom is 0.313 e. The van der Waals surface area contributed by atoms with Gasteiger partial charge in [0.25, 0.3) is 0 Å². The molecule has 0 aliphatic rings. The molecule has 0 bridgehead atoms. The Morgan fingerprint density at radius 1 is 1.41 bits per heavy atom. The molecule has 0 amide bonds. The molecule has 94 valence electrons. The van der Waals surface area contributed by atoms with Crippen LogP contribution in [0.5, 0.6) is 0 Å². The number of ether oxygens (including phenoxy) is 1. The smallest absolute Gasteiger partial charge is 0.313 e. The van der Waals surface area contributed by atoms with Gasteiger partial charge < -0.3 is 4.74 Å². The van der Waals surface area contributed by atoms with E-state index in [0.717, 1.165) is 13.6 Å². The molecular formula is C13H16BrIO2. The predicted octanol–water partition coefficient (Wildman–Crippen LogP) is 4.50. The van der Waals surface area contributed by atoms with E-state index in [0.29, 0.717) is 0 Å². The second-order valence-corrected chi connectivity index (χ2v) is 7.00. The molecule has 0 aromatic heterocycles. The second kappa shape index (κ2) is 5.69. The molecule has 0 saturated carbocycles. The van der Waals surface area contributed by atoms with Crippen molar-refractivity contribution in [3.05, 3.63) is 31.8 Å². The SMILES string of the molecule is CC(C(=O)OC(C)(C)C)c1ccc(Br)cc1I. The Balaban J connectivity index is 2.89. The van der Waals surface area contributed by atoms with Gasteiger partial charge >= 0.3 is 5.97 Å². The Kier molecular flexibility index (Phi) is 5.01. The van der Waals surface area contributed by atoms with Crippen LogP contribution in [0.25, 0.3) is 0 Å². The Morgan fingerprint density at radius 3 is 2.47 bits per heavy atom. The van der Waals surface area contributed by atoms with Gasteiger partial charge in [0.15, 0.2) is 0 Å². The van der Waals surface area contributed by atoms with Crippen LogP contribution in [0, 0.1) is 3.57 Å². The number of esters is 1. The monoisotopic (exact) mass is 410 g/mol. The number of carbonyl (C=O) groups is 1. The van der Waals surface area contributed by atoms with Crippen molar-refractivity contribution in [2.75, 3.05) is 0 Å². The lowest BCUT2D eigenvalue weighted by Crippen LogP contribution is -2.27. The molecule has 0 N–H and O–H groups in total. The van der Waals surface area contributed by atoms with E-state index in [-0.39, 0.29) is 11.9 Å². The molecule has 0 aliphatic heterocycles. The number of carbonyl (C=O) groups excluding carboxylic acids is 1. The highest BCUT2D eigenvalue weighted by Crippen LogP contribution is 2.27. The van der Waals surface area contributed by atoms with Gasteiger partial charge in [-0.3, -0.25) is 4.79 Å². The number of hydrogen-bond donors (Lipinski definition) is 0. The third-order valence-corrected chi connectivity index (χ3v) is 3.62. The van der Waals surface area contributed by atoms with Crippen molar-refractivity contribution in [1.29, 1.82) is 0 Å². The lowest BCUT2D eigenvalue weighted by atomic mass is 10.0. The van der Waals surface area contributed by atoms with Gasteiger partial charge in [-0.25, -0.2) is 0 Å². The van der Waals surface area contributed by atoms with Gasteiger partial charge in [0.2, 0.25) is 0 Å². The van der Waals surface area contributed by atoms with Gasteiger partial charge in [-0.1, -0.05) is 22.0 Å². The van der Waals surface area contributed by atoms with Crippen LogP contribution in [0.2, 0.25) is 0 Å². The minimum Gasteiger partial charge on any atom is -0.460 e. The molecule has 17 heavy (non-hydrogen) atoms. The fourth-order valence-corrected chi connectivity index (χ4v) is 3.14. The van der Waals surface area contributed by atoms with E-state index >= 15 is 0 Å². The maximum absolute atomic E-state index is 12.0. The van der Waals surface area contributed by atoms with Gasteiger partial charge in [-0.05, 0) is 68.0 Å². The molecule has 2 nitrogen and oxygen atoms in total. The van der Waals surface area contributed by atoms with E-state index in [1.807, 2.05) is 45.9 Å². The van der Waals surface area contributed by atoms with Crippen LogP contribution in [-0.2, 0) is 9.53 Å². The summed E-state index contributed by atoms with van der Waals surface area (Å²) >= 11 is 5.64. The number of hydrogen-bond acceptors (Lipinski definition) is 2. The molecular weight excluding hydrogens is 395 g/mol. The normalized spacial score (nSPS) is 13.3. The molecule has 4 heteroatoms. The molecule has 1 aromatic carbocycles. The zero-order chi connectivity index (χ0) is 13.2. The van der Waals surface area contributed by atoms with Crippen molar-refractivity contribution >= 4 is 44.5 Å². The first-order chi connectivity index (χ1) is 7.70. The summed E-state index contributed by atoms with van der Waals surface area (Å²) < 4.78 is 7.47. The molecule has 1 rings (SSSR count). The standard InChI is InChI=1S/C13H16BrIO2/c1-8(12(16)17-13(2,3)4)10-6-5-9(14)7-11(10)15/h5-8H,1-4H3. The summed E-state index contributed by atoms with van der Waals surface area (Å²) in [5.41, 5.74) is 0.564. The summed E-state index contributed by atoms with van der Waals surface area (Å²) in [6.45, 7) is 7.51. The van der Waals surface area contributed by atoms with Crippen molar-refractivity contribution in [2.24, 2.45) is 0 Å². The van der Waals surface area contributed by atoms with Gasteiger partial charge in [-0.15, -0.1) is 0 Å². The third kappa shape index (κ3) is 4.58. The Morgan fingerprint density at radius 2 is 2.00 bits per heavy atom. The number of rotatable bonds is 2. The van der Waals surface area contributed by atoms with Gasteiger partial charge in [0, 0.05) is 8.04 Å². The highest BCUT2D eigenvalue weighted by molar-refractivity contribution is 14.1. The van der Waals surface area contributed by atoms with E-state index in [4.69, 9.17) is 4.74 Å². The summed E-state index contributed by atoms with van der Waals surface area (Å²) in [6.07, 6.45) is 0. The molecule has 0 saturated heterocycles. The predicted molar refractivity (Wildman–Crippen MR) is 81.1 cm³/mol. The first-order valence-electron chi connectivity index (χ1n) is 5.38. The topological polar surface area (TPSA) is 26.3 Å². The zero-order valence-corrected chi connectivity index (χ0v) is 14.1. The highest BCUT2D eigenvalue weighted by atomic mass is 127. The molecule has 1 aromatic rings. The average Bonchev–Trinajstić information content (AvgIpc) is 2.14. The van der Waals surface area contributed by atoms with Crippen LogP contribution in [0.15, 0.2) is 22.7 Å². The Bertz CT molecular complexity index is 424. The van der Waals surface area contributed by atoms with Crippen molar-refractivity contribution in [3.63, 3.8) is 0 Å². The third-order valence-electron chi connectivity index (χ3n) is 2.19. The minimum atomic E-state index is -0.438. The summed E-state index contributed by atoms with van der Waals surface area (Å²) in [4.78, 5) is 12.0. The Hall–Kier alpha value is -0.100. The molecule has 0 aliphatic carbocycles. The van der Waals surface area contributed by atoms with Crippen LogP contribution >= 0.6 is 38.5 Å². The molecule has 1 atom stereocenters. The number of halogens is 2. The second-order valence-electron chi connectivity index (χ2n) is 4.92. The van der Waals surface area contributed by atoms with E-state index in [9.17, 15) is 4.79 Å². The molecule has 0 fully saturated rings. The Labute approximate surface area is 124 Å². The fraction of sp³-hybridized carbons (Fsp3) is 0.462. The maximum atomic E-state index is 12.0. The quantitative estimate of drug-likeness (QED) is 0.530. The van der Waals surface area contributed by atoms with E-state index in [1.54, 1.807) is 0 Å². The van der Waals surface area contributed by atoms with E-state index in [2.05, 4.69) is 38.5 Å². The summed E-state index contributed by atoms with van der Waals surface area (Å²) in [7, 11) is 0.